The van der Waals surface area contributed by atoms with Gasteiger partial charge in [-0.25, -0.2) is 4.98 Å². The minimum Gasteiger partial charge on any atom is -0.230 e. The molecule has 4 heteroatoms. The van der Waals surface area contributed by atoms with Gasteiger partial charge < -0.3 is 0 Å². The molecule has 0 fully saturated rings. The second-order valence-electron chi connectivity index (χ2n) is 2.71. The third-order valence-corrected chi connectivity index (χ3v) is 4.19. The van der Waals surface area contributed by atoms with E-state index in [2.05, 4.69) is 38.4 Å². The standard InChI is InChI=1S/C10H8BrNS2/c1-13-10-12-9(6-14-10)7-2-4-8(11)5-3-7/h2-6H,1H3. The summed E-state index contributed by atoms with van der Waals surface area (Å²) in [5.74, 6) is 0. The van der Waals surface area contributed by atoms with Gasteiger partial charge >= 0.3 is 0 Å². The minimum absolute atomic E-state index is 1.06. The Balaban J connectivity index is 2.34. The van der Waals surface area contributed by atoms with Crippen molar-refractivity contribution in [2.45, 2.75) is 4.34 Å². The number of hydrogen-bond donors (Lipinski definition) is 0. The van der Waals surface area contributed by atoms with Crippen LogP contribution in [0.15, 0.2) is 38.5 Å². The van der Waals surface area contributed by atoms with Gasteiger partial charge in [-0.2, -0.15) is 0 Å². The first-order valence-corrected chi connectivity index (χ1v) is 6.95. The summed E-state index contributed by atoms with van der Waals surface area (Å²) in [6, 6.07) is 8.22. The van der Waals surface area contributed by atoms with Crippen LogP contribution < -0.4 is 0 Å². The highest BCUT2D eigenvalue weighted by molar-refractivity contribution is 9.10. The predicted octanol–water partition coefficient (Wildman–Crippen LogP) is 4.29. The fourth-order valence-corrected chi connectivity index (χ4v) is 2.64. The Morgan fingerprint density at radius 2 is 2.00 bits per heavy atom. The molecule has 0 radical (unpaired) electrons. The van der Waals surface area contributed by atoms with E-state index in [4.69, 9.17) is 0 Å². The Kier molecular flexibility index (Phi) is 3.26. The van der Waals surface area contributed by atoms with E-state index in [1.807, 2.05) is 18.4 Å². The molecule has 2 aromatic rings. The Hall–Kier alpha value is -0.320. The van der Waals surface area contributed by atoms with E-state index in [-0.39, 0.29) is 0 Å². The molecular weight excluding hydrogens is 278 g/mol. The molecule has 72 valence electrons. The van der Waals surface area contributed by atoms with E-state index in [1.54, 1.807) is 23.1 Å². The maximum absolute atomic E-state index is 4.49. The summed E-state index contributed by atoms with van der Waals surface area (Å²) in [6.45, 7) is 0. The van der Waals surface area contributed by atoms with Crippen molar-refractivity contribution < 1.29 is 0 Å². The molecule has 0 aliphatic carbocycles. The lowest BCUT2D eigenvalue weighted by Crippen LogP contribution is -1.76. The first kappa shape index (κ1) is 10.2. The van der Waals surface area contributed by atoms with Gasteiger partial charge in [0.1, 0.15) is 4.34 Å². The van der Waals surface area contributed by atoms with Gasteiger partial charge in [0.25, 0.3) is 0 Å². The maximum Gasteiger partial charge on any atom is 0.150 e. The van der Waals surface area contributed by atoms with Crippen LogP contribution in [-0.4, -0.2) is 11.2 Å². The molecule has 0 spiro atoms. The summed E-state index contributed by atoms with van der Waals surface area (Å²) in [5, 5.41) is 2.09. The molecule has 0 saturated heterocycles. The van der Waals surface area contributed by atoms with E-state index in [9.17, 15) is 0 Å². The zero-order valence-electron chi connectivity index (χ0n) is 7.53. The number of thioether (sulfide) groups is 1. The zero-order valence-corrected chi connectivity index (χ0v) is 10.7. The van der Waals surface area contributed by atoms with Gasteiger partial charge in [-0.1, -0.05) is 39.8 Å². The van der Waals surface area contributed by atoms with Crippen molar-refractivity contribution in [2.75, 3.05) is 6.26 Å². The number of nitrogens with zero attached hydrogens (tertiary/aromatic N) is 1. The average Bonchev–Trinajstić information content (AvgIpc) is 2.67. The van der Waals surface area contributed by atoms with Crippen LogP contribution in [0.25, 0.3) is 11.3 Å². The van der Waals surface area contributed by atoms with Crippen molar-refractivity contribution in [3.05, 3.63) is 34.1 Å². The first-order valence-electron chi connectivity index (χ1n) is 4.05. The number of aromatic nitrogens is 1. The van der Waals surface area contributed by atoms with Crippen LogP contribution in [0, 0.1) is 0 Å². The maximum atomic E-state index is 4.49. The molecule has 1 aromatic carbocycles. The molecular formula is C10H8BrNS2. The van der Waals surface area contributed by atoms with E-state index >= 15 is 0 Å². The second-order valence-corrected chi connectivity index (χ2v) is 5.54. The highest BCUT2D eigenvalue weighted by Crippen LogP contribution is 2.27. The van der Waals surface area contributed by atoms with Crippen molar-refractivity contribution in [1.82, 2.24) is 4.98 Å². The van der Waals surface area contributed by atoms with Crippen molar-refractivity contribution in [3.8, 4) is 11.3 Å². The lowest BCUT2D eigenvalue weighted by Gasteiger charge is -1.95. The highest BCUT2D eigenvalue weighted by atomic mass is 79.9. The van der Waals surface area contributed by atoms with Gasteiger partial charge in [-0.05, 0) is 18.4 Å². The van der Waals surface area contributed by atoms with Crippen LogP contribution in [-0.2, 0) is 0 Å². The fraction of sp³-hybridized carbons (Fsp3) is 0.100. The lowest BCUT2D eigenvalue weighted by atomic mass is 10.2. The summed E-state index contributed by atoms with van der Waals surface area (Å²) < 4.78 is 2.21. The van der Waals surface area contributed by atoms with E-state index in [1.165, 1.54) is 5.56 Å². The summed E-state index contributed by atoms with van der Waals surface area (Å²) in [6.07, 6.45) is 2.05. The average molecular weight is 286 g/mol. The van der Waals surface area contributed by atoms with Crippen molar-refractivity contribution in [3.63, 3.8) is 0 Å². The van der Waals surface area contributed by atoms with E-state index in [0.29, 0.717) is 0 Å². The monoisotopic (exact) mass is 285 g/mol. The molecule has 0 saturated carbocycles. The molecule has 2 rings (SSSR count). The minimum atomic E-state index is 1.06. The number of benzene rings is 1. The van der Waals surface area contributed by atoms with Crippen molar-refractivity contribution in [2.24, 2.45) is 0 Å². The van der Waals surface area contributed by atoms with Crippen LogP contribution in [0.5, 0.6) is 0 Å². The highest BCUT2D eigenvalue weighted by Gasteiger charge is 2.02. The third-order valence-electron chi connectivity index (χ3n) is 1.80. The molecule has 0 aliphatic rings. The predicted molar refractivity (Wildman–Crippen MR) is 67.0 cm³/mol. The first-order chi connectivity index (χ1) is 6.79. The Bertz CT molecular complexity index is 422. The largest absolute Gasteiger partial charge is 0.230 e. The summed E-state index contributed by atoms with van der Waals surface area (Å²) in [5.41, 5.74) is 2.23. The van der Waals surface area contributed by atoms with Gasteiger partial charge in [-0.3, -0.25) is 0 Å². The molecule has 0 aliphatic heterocycles. The SMILES string of the molecule is CSc1nc(-c2ccc(Br)cc2)cs1. The number of halogens is 1. The molecule has 0 amide bonds. The Labute approximate surface area is 99.7 Å². The fourth-order valence-electron chi connectivity index (χ4n) is 1.10. The molecule has 0 N–H and O–H groups in total. The van der Waals surface area contributed by atoms with Crippen LogP contribution in [0.4, 0.5) is 0 Å². The molecule has 0 unspecified atom stereocenters. The normalized spacial score (nSPS) is 10.4. The number of rotatable bonds is 2. The van der Waals surface area contributed by atoms with Gasteiger partial charge in [0, 0.05) is 15.4 Å². The summed E-state index contributed by atoms with van der Waals surface area (Å²) in [7, 11) is 0. The molecule has 1 aromatic heterocycles. The quantitative estimate of drug-likeness (QED) is 0.764. The second kappa shape index (κ2) is 4.47. The lowest BCUT2D eigenvalue weighted by molar-refractivity contribution is 1.26. The number of hydrogen-bond acceptors (Lipinski definition) is 3. The topological polar surface area (TPSA) is 12.9 Å². The van der Waals surface area contributed by atoms with Gasteiger partial charge in [-0.15, -0.1) is 11.3 Å². The van der Waals surface area contributed by atoms with Gasteiger partial charge in [0.15, 0.2) is 0 Å². The zero-order chi connectivity index (χ0) is 9.97. The smallest absolute Gasteiger partial charge is 0.150 e. The third kappa shape index (κ3) is 2.19. The Morgan fingerprint density at radius 3 is 2.57 bits per heavy atom. The summed E-state index contributed by atoms with van der Waals surface area (Å²) in [4.78, 5) is 4.49. The molecule has 1 nitrogen and oxygen atoms in total. The van der Waals surface area contributed by atoms with Crippen molar-refractivity contribution >= 4 is 39.0 Å². The molecule has 0 atom stereocenters. The van der Waals surface area contributed by atoms with Crippen molar-refractivity contribution in [1.29, 1.82) is 0 Å². The van der Waals surface area contributed by atoms with Gasteiger partial charge in [0.2, 0.25) is 0 Å². The van der Waals surface area contributed by atoms with Crippen LogP contribution in [0.1, 0.15) is 0 Å². The van der Waals surface area contributed by atoms with Crippen LogP contribution in [0.2, 0.25) is 0 Å². The Morgan fingerprint density at radius 1 is 1.29 bits per heavy atom. The molecule has 1 heterocycles. The molecule has 14 heavy (non-hydrogen) atoms. The molecule has 0 bridgehead atoms. The van der Waals surface area contributed by atoms with E-state index < -0.39 is 0 Å². The van der Waals surface area contributed by atoms with Crippen LogP contribution in [0.3, 0.4) is 0 Å². The number of thiazole rings is 1. The summed E-state index contributed by atoms with van der Waals surface area (Å²) >= 11 is 6.79. The van der Waals surface area contributed by atoms with E-state index in [0.717, 1.165) is 14.5 Å². The van der Waals surface area contributed by atoms with Gasteiger partial charge in [0.05, 0.1) is 5.69 Å². The van der Waals surface area contributed by atoms with Crippen LogP contribution >= 0.6 is 39.0 Å².